The zero-order chi connectivity index (χ0) is 68.3. The third kappa shape index (κ3) is 14.4. The van der Waals surface area contributed by atoms with Gasteiger partial charge in [-0.1, -0.05) is 208 Å². The minimum Gasteiger partial charge on any atom is -0.494 e. The van der Waals surface area contributed by atoms with E-state index in [4.69, 9.17) is 14.2 Å². The fraction of sp³-hybridized carbons (Fsp3) is 0.172. The Balaban J connectivity index is 0.678. The van der Waals surface area contributed by atoms with E-state index in [1.807, 2.05) is 30.3 Å². The fourth-order valence-corrected chi connectivity index (χ4v) is 13.6. The summed E-state index contributed by atoms with van der Waals surface area (Å²) in [6.45, 7) is 6.02. The van der Waals surface area contributed by atoms with Crippen molar-refractivity contribution >= 4 is 66.8 Å². The number of ether oxygens (including phenoxy) is 3. The van der Waals surface area contributed by atoms with E-state index in [9.17, 15) is 19.2 Å². The van der Waals surface area contributed by atoms with Crippen molar-refractivity contribution in [1.82, 2.24) is 19.1 Å². The van der Waals surface area contributed by atoms with E-state index in [0.29, 0.717) is 44.0 Å². The second-order valence-electron chi connectivity index (χ2n) is 25.6. The van der Waals surface area contributed by atoms with Crippen LogP contribution in [0, 0.1) is 13.8 Å². The molecule has 1 aliphatic heterocycles. The molecule has 100 heavy (non-hydrogen) atoms. The first-order valence-corrected chi connectivity index (χ1v) is 34.6. The quantitative estimate of drug-likeness (QED) is 0.0308. The Bertz CT molecular complexity index is 5160. The van der Waals surface area contributed by atoms with E-state index in [1.54, 1.807) is 35.4 Å². The average molecular weight is 1320 g/mol. The van der Waals surface area contributed by atoms with Crippen molar-refractivity contribution in [2.45, 2.75) is 84.9 Å². The molecule has 2 aromatic heterocycles. The maximum atomic E-state index is 12.3. The van der Waals surface area contributed by atoms with Crippen LogP contribution in [0.1, 0.15) is 90.3 Å². The summed E-state index contributed by atoms with van der Waals surface area (Å²) in [7, 11) is 0. The molecule has 0 radical (unpaired) electrons. The van der Waals surface area contributed by atoms with Crippen molar-refractivity contribution in [2.24, 2.45) is 0 Å². The Hall–Kier alpha value is -12.0. The lowest BCUT2D eigenvalue weighted by molar-refractivity contribution is 0.304. The molecule has 0 atom stereocenters. The Morgan fingerprint density at radius 3 is 1.15 bits per heavy atom. The molecule has 3 heterocycles. The monoisotopic (exact) mass is 1320 g/mol. The maximum absolute atomic E-state index is 12.3. The van der Waals surface area contributed by atoms with E-state index in [2.05, 4.69) is 244 Å². The lowest BCUT2D eigenvalue weighted by Gasteiger charge is -2.42. The van der Waals surface area contributed by atoms with Gasteiger partial charge in [0.25, 0.3) is 11.1 Å². The highest BCUT2D eigenvalue weighted by atomic mass is 16.5. The molecule has 0 saturated carbocycles. The molecule has 2 N–H and O–H groups in total. The molecule has 1 aliphatic rings. The van der Waals surface area contributed by atoms with Crippen LogP contribution >= 0.6 is 0 Å². The molecular formula is C87H78N6O7. The highest BCUT2D eigenvalue weighted by Gasteiger charge is 2.34. The Morgan fingerprint density at radius 2 is 0.700 bits per heavy atom. The van der Waals surface area contributed by atoms with Crippen molar-refractivity contribution in [2.75, 3.05) is 23.0 Å². The zero-order valence-corrected chi connectivity index (χ0v) is 56.2. The van der Waals surface area contributed by atoms with Crippen LogP contribution in [0.15, 0.2) is 286 Å². The van der Waals surface area contributed by atoms with Crippen LogP contribution in [0.25, 0.3) is 43.8 Å². The fourth-order valence-electron chi connectivity index (χ4n) is 13.6. The number of anilines is 6. The second-order valence-corrected chi connectivity index (χ2v) is 25.6. The molecule has 0 aliphatic carbocycles. The van der Waals surface area contributed by atoms with Gasteiger partial charge in [-0.2, -0.15) is 0 Å². The largest absolute Gasteiger partial charge is 0.494 e. The molecule has 13 aromatic rings. The van der Waals surface area contributed by atoms with Gasteiger partial charge in [-0.3, -0.25) is 19.6 Å². The molecule has 11 aromatic carbocycles. The van der Waals surface area contributed by atoms with Crippen molar-refractivity contribution in [1.29, 1.82) is 0 Å². The first-order chi connectivity index (χ1) is 49.1. The molecule has 0 saturated heterocycles. The van der Waals surface area contributed by atoms with Crippen LogP contribution in [0.3, 0.4) is 0 Å². The molecule has 13 heteroatoms. The van der Waals surface area contributed by atoms with E-state index in [1.165, 1.54) is 21.5 Å². The van der Waals surface area contributed by atoms with Crippen LogP contribution in [0.5, 0.6) is 17.2 Å². The number of hydrogen-bond acceptors (Lipinski definition) is 9. The Morgan fingerprint density at radius 1 is 0.340 bits per heavy atom. The summed E-state index contributed by atoms with van der Waals surface area (Å²) < 4.78 is 22.3. The number of fused-ring (bicyclic) bond motifs is 7. The zero-order valence-electron chi connectivity index (χ0n) is 56.2. The number of aromatic amines is 2. The number of unbranched alkanes of at least 4 members (excludes halogenated alkanes) is 6. The second kappa shape index (κ2) is 30.2. The van der Waals surface area contributed by atoms with Crippen molar-refractivity contribution in [3.63, 3.8) is 0 Å². The minimum absolute atomic E-state index is 0.344. The van der Waals surface area contributed by atoms with Gasteiger partial charge >= 0.3 is 11.4 Å². The van der Waals surface area contributed by atoms with Gasteiger partial charge in [0.15, 0.2) is 0 Å². The highest BCUT2D eigenvalue weighted by Crippen LogP contribution is 2.59. The van der Waals surface area contributed by atoms with Gasteiger partial charge in [-0.05, 0) is 173 Å². The van der Waals surface area contributed by atoms with Crippen molar-refractivity contribution in [3.8, 4) is 28.4 Å². The van der Waals surface area contributed by atoms with Gasteiger partial charge in [0.05, 0.1) is 36.0 Å². The maximum Gasteiger partial charge on any atom is 0.328 e. The number of benzene rings is 11. The molecule has 0 unspecified atom stereocenters. The van der Waals surface area contributed by atoms with E-state index < -0.39 is 0 Å². The Labute approximate surface area is 581 Å². The van der Waals surface area contributed by atoms with Crippen LogP contribution in [0.2, 0.25) is 0 Å². The third-order valence-corrected chi connectivity index (χ3v) is 18.8. The van der Waals surface area contributed by atoms with Gasteiger partial charge in [0.2, 0.25) is 0 Å². The van der Waals surface area contributed by atoms with Crippen LogP contribution in [0.4, 0.5) is 34.1 Å². The molecule has 14 rings (SSSR count). The van der Waals surface area contributed by atoms with E-state index in [-0.39, 0.29) is 22.5 Å². The van der Waals surface area contributed by atoms with E-state index >= 15 is 0 Å². The van der Waals surface area contributed by atoms with Crippen LogP contribution < -0.4 is 46.5 Å². The first-order valence-electron chi connectivity index (χ1n) is 34.6. The van der Waals surface area contributed by atoms with Gasteiger partial charge in [0.1, 0.15) is 23.9 Å². The number of para-hydroxylation sites is 3. The van der Waals surface area contributed by atoms with Crippen LogP contribution in [-0.2, 0) is 19.7 Å². The third-order valence-electron chi connectivity index (χ3n) is 18.8. The van der Waals surface area contributed by atoms with Crippen molar-refractivity contribution < 1.29 is 14.2 Å². The number of hydrogen-bond donors (Lipinski definition) is 2. The van der Waals surface area contributed by atoms with Crippen molar-refractivity contribution in [3.05, 3.63) is 348 Å². The molecule has 498 valence electrons. The van der Waals surface area contributed by atoms with Gasteiger partial charge in [-0.15, -0.1) is 0 Å². The summed E-state index contributed by atoms with van der Waals surface area (Å²) in [6, 6.07) is 90.2. The Kier molecular flexibility index (Phi) is 19.7. The summed E-state index contributed by atoms with van der Waals surface area (Å²) in [5.74, 6) is 2.31. The number of nitrogens with zero attached hydrogens (tertiary/aromatic N) is 4. The molecule has 0 amide bonds. The predicted octanol–water partition coefficient (Wildman–Crippen LogP) is 19.1. The molecule has 13 nitrogen and oxygen atoms in total. The first kappa shape index (κ1) is 65.3. The summed E-state index contributed by atoms with van der Waals surface area (Å²) in [4.78, 5) is 57.9. The van der Waals surface area contributed by atoms with Gasteiger partial charge in [-0.25, -0.2) is 9.59 Å². The van der Waals surface area contributed by atoms with E-state index in [0.717, 1.165) is 153 Å². The summed E-state index contributed by atoms with van der Waals surface area (Å²) in [6.07, 6.45) is 10.4. The topological polar surface area (TPSA) is 144 Å². The summed E-state index contributed by atoms with van der Waals surface area (Å²) >= 11 is 0. The lowest BCUT2D eigenvalue weighted by atomic mass is 9.85. The summed E-state index contributed by atoms with van der Waals surface area (Å²) in [5, 5.41) is 4.82. The number of rotatable bonds is 26. The molecule has 0 bridgehead atoms. The predicted molar refractivity (Wildman–Crippen MR) is 405 cm³/mol. The van der Waals surface area contributed by atoms with Crippen LogP contribution in [-0.4, -0.2) is 32.3 Å². The normalized spacial score (nSPS) is 11.7. The number of H-pyrrole nitrogens is 2. The summed E-state index contributed by atoms with van der Waals surface area (Å²) in [5.41, 5.74) is 15.8. The molecule has 0 spiro atoms. The van der Waals surface area contributed by atoms with Gasteiger partial charge < -0.3 is 33.1 Å². The van der Waals surface area contributed by atoms with Gasteiger partial charge in [0, 0.05) is 58.8 Å². The smallest absolute Gasteiger partial charge is 0.328 e. The number of nitrogens with one attached hydrogen (secondary N) is 2. The average Bonchev–Trinajstić information content (AvgIpc) is 0.705. The lowest BCUT2D eigenvalue weighted by Crippen LogP contribution is -2.30. The number of aromatic nitrogens is 4. The standard InChI is InChI=1S/C87H78N6O7/c1-60-57-90(86(96)88-84(60)94)53-19-3-5-21-55-98-71-47-39-67(40-48-71)81(68-41-49-72(50-42-68)99-56-22-6-4-20-54-91-58-61(2)85(95)89-87(91)97)80(65-23-9-7-10-24-65)66-43-51-73(52-44-66)100-59-62-33-35-63(36-34-62)64-37-45-70(46-38-64)93-79-32-18-17-31-78(79)92(69-25-11-8-12-26-69)82-76-29-15-13-27-74(76)75-28-14-16-30-77(75)83(82)93/h7-18,23-52,57-58H,3-6,19-22,53-56,59H2,1-2H3,(H,88,94,96)(H,89,95,97). The minimum atomic E-state index is -0.375. The molecular weight excluding hydrogens is 1240 g/mol. The highest BCUT2D eigenvalue weighted by molar-refractivity contribution is 6.25. The molecule has 0 fully saturated rings. The SMILES string of the molecule is Cc1cn(CCCCCCOc2ccc(C(=C(c3ccccc3)c3ccc(OCc4ccc(-c5ccc(N6c7ccccc7N(c7ccccc7)c7c6c6ccccc6c6ccccc76)cc5)cc4)cc3)c3ccc(OCCCCCCn4cc(C)c(=O)[nH]c4=O)cc3)cc2)c(=O)[nH]c1=O. The number of aryl methyl sites for hydroxylation is 4.